The Morgan fingerprint density at radius 2 is 2.12 bits per heavy atom. The third kappa shape index (κ3) is 3.60. The highest BCUT2D eigenvalue weighted by atomic mass is 127. The van der Waals surface area contributed by atoms with Crippen LogP contribution in [-0.4, -0.2) is 23.7 Å². The number of methoxy groups -OCH3 is 1. The van der Waals surface area contributed by atoms with Gasteiger partial charge in [-0.15, -0.1) is 13.2 Å². The van der Waals surface area contributed by atoms with E-state index in [0.717, 1.165) is 6.20 Å². The minimum atomic E-state index is -4.95. The maximum atomic E-state index is 12.2. The molecule has 0 aliphatic rings. The summed E-state index contributed by atoms with van der Waals surface area (Å²) in [5.74, 6) is -0.719. The number of carbonyl (C=O) groups excluding carboxylic acids is 1. The van der Waals surface area contributed by atoms with E-state index in [0.29, 0.717) is 0 Å². The van der Waals surface area contributed by atoms with Gasteiger partial charge < -0.3 is 9.47 Å². The van der Waals surface area contributed by atoms with Crippen molar-refractivity contribution >= 4 is 39.4 Å². The molecule has 0 N–H and O–H groups in total. The molecule has 9 heteroatoms. The quantitative estimate of drug-likeness (QED) is 0.597. The number of aromatic nitrogens is 1. The van der Waals surface area contributed by atoms with Gasteiger partial charge >= 0.3 is 6.36 Å². The van der Waals surface area contributed by atoms with Gasteiger partial charge in [-0.05, 0) is 34.2 Å². The first-order chi connectivity index (χ1) is 7.76. The second-order valence-electron chi connectivity index (χ2n) is 2.64. The Labute approximate surface area is 112 Å². The normalized spacial score (nSPS) is 11.2. The summed E-state index contributed by atoms with van der Waals surface area (Å²) >= 11 is 6.65. The number of carbonyl (C=O) groups is 1. The van der Waals surface area contributed by atoms with E-state index in [9.17, 15) is 18.0 Å². The van der Waals surface area contributed by atoms with Crippen LogP contribution in [0.15, 0.2) is 6.20 Å². The van der Waals surface area contributed by atoms with Crippen LogP contribution in [0.25, 0.3) is 0 Å². The molecule has 0 saturated carbocycles. The van der Waals surface area contributed by atoms with Crippen molar-refractivity contribution in [2.24, 2.45) is 0 Å². The maximum Gasteiger partial charge on any atom is 0.573 e. The number of alkyl halides is 3. The Morgan fingerprint density at radius 1 is 1.53 bits per heavy atom. The van der Waals surface area contributed by atoms with Crippen LogP contribution in [0, 0.1) is 3.57 Å². The Bertz CT molecular complexity index is 452. The van der Waals surface area contributed by atoms with Crippen molar-refractivity contribution in [3.8, 4) is 11.5 Å². The van der Waals surface area contributed by atoms with E-state index < -0.39 is 23.0 Å². The monoisotopic (exact) mass is 381 g/mol. The van der Waals surface area contributed by atoms with Gasteiger partial charge in [0.05, 0.1) is 13.3 Å². The molecule has 1 rings (SSSR count). The van der Waals surface area contributed by atoms with Crippen LogP contribution in [0.4, 0.5) is 13.2 Å². The van der Waals surface area contributed by atoms with E-state index in [1.54, 1.807) is 0 Å². The zero-order chi connectivity index (χ0) is 13.2. The van der Waals surface area contributed by atoms with Crippen LogP contribution in [0.3, 0.4) is 0 Å². The summed E-state index contributed by atoms with van der Waals surface area (Å²) in [5, 5.41) is -1.15. The van der Waals surface area contributed by atoms with Crippen molar-refractivity contribution in [3.05, 3.63) is 15.5 Å². The first-order valence-corrected chi connectivity index (χ1v) is 5.40. The van der Waals surface area contributed by atoms with Crippen molar-refractivity contribution in [2.75, 3.05) is 7.11 Å². The van der Waals surface area contributed by atoms with Crippen molar-refractivity contribution in [3.63, 3.8) is 0 Å². The first kappa shape index (κ1) is 14.3. The van der Waals surface area contributed by atoms with Crippen LogP contribution in [0.2, 0.25) is 0 Å². The van der Waals surface area contributed by atoms with E-state index in [2.05, 4.69) is 9.72 Å². The number of nitrogens with zero attached hydrogens (tertiary/aromatic N) is 1. The molecule has 0 aliphatic carbocycles. The summed E-state index contributed by atoms with van der Waals surface area (Å²) in [7, 11) is 1.25. The van der Waals surface area contributed by atoms with Gasteiger partial charge in [0, 0.05) is 0 Å². The molecule has 4 nitrogen and oxygen atoms in total. The lowest BCUT2D eigenvalue weighted by Crippen LogP contribution is -2.20. The largest absolute Gasteiger partial charge is 0.573 e. The number of hydrogen-bond acceptors (Lipinski definition) is 4. The van der Waals surface area contributed by atoms with E-state index >= 15 is 0 Å². The van der Waals surface area contributed by atoms with Gasteiger partial charge in [-0.25, -0.2) is 4.98 Å². The van der Waals surface area contributed by atoms with Crippen LogP contribution in [-0.2, 0) is 0 Å². The molecule has 94 valence electrons. The van der Waals surface area contributed by atoms with Gasteiger partial charge in [0.15, 0.2) is 17.2 Å². The molecule has 0 aromatic carbocycles. The van der Waals surface area contributed by atoms with E-state index in [4.69, 9.17) is 16.3 Å². The fourth-order valence-electron chi connectivity index (χ4n) is 0.946. The number of hydrogen-bond donors (Lipinski definition) is 0. The van der Waals surface area contributed by atoms with E-state index in [1.807, 2.05) is 0 Å². The fraction of sp³-hybridized carbons (Fsp3) is 0.250. The Kier molecular flexibility index (Phi) is 4.42. The minimum Gasteiger partial charge on any atom is -0.494 e. The summed E-state index contributed by atoms with van der Waals surface area (Å²) in [4.78, 5) is 14.4. The maximum absolute atomic E-state index is 12.2. The van der Waals surface area contributed by atoms with Gasteiger partial charge in [0.1, 0.15) is 3.57 Å². The predicted octanol–water partition coefficient (Wildman–Crippen LogP) is 2.97. The van der Waals surface area contributed by atoms with Crippen LogP contribution < -0.4 is 9.47 Å². The molecular formula is C8H4ClF3INO3. The van der Waals surface area contributed by atoms with Crippen LogP contribution >= 0.6 is 34.2 Å². The molecule has 0 atom stereocenters. The third-order valence-corrected chi connectivity index (χ3v) is 2.77. The third-order valence-electron chi connectivity index (χ3n) is 1.57. The Balaban J connectivity index is 3.35. The lowest BCUT2D eigenvalue weighted by molar-refractivity contribution is -0.275. The highest BCUT2D eigenvalue weighted by Crippen LogP contribution is 2.36. The summed E-state index contributed by atoms with van der Waals surface area (Å²) in [6.07, 6.45) is -3.87. The second-order valence-corrected chi connectivity index (χ2v) is 4.06. The molecular weight excluding hydrogens is 377 g/mol. The molecule has 0 amide bonds. The molecule has 17 heavy (non-hydrogen) atoms. The number of halogens is 5. The standard InChI is InChI=1S/C8H4ClF3INO3/c1-16-3-2-14-5(7(9)15)6(4(3)13)17-8(10,11)12/h2H,1H3. The van der Waals surface area contributed by atoms with Crippen molar-refractivity contribution in [1.29, 1.82) is 0 Å². The molecule has 0 saturated heterocycles. The van der Waals surface area contributed by atoms with Gasteiger partial charge in [-0.3, -0.25) is 4.79 Å². The van der Waals surface area contributed by atoms with Gasteiger partial charge in [-0.2, -0.15) is 0 Å². The molecule has 0 fully saturated rings. The Hall–Kier alpha value is -0.770. The molecule has 0 bridgehead atoms. The van der Waals surface area contributed by atoms with Crippen molar-refractivity contribution < 1.29 is 27.4 Å². The van der Waals surface area contributed by atoms with Crippen molar-refractivity contribution in [1.82, 2.24) is 4.98 Å². The van der Waals surface area contributed by atoms with Crippen molar-refractivity contribution in [2.45, 2.75) is 6.36 Å². The fourth-order valence-corrected chi connectivity index (χ4v) is 1.81. The van der Waals surface area contributed by atoms with Gasteiger partial charge in [-0.1, -0.05) is 0 Å². The molecule has 1 heterocycles. The average molecular weight is 381 g/mol. The number of ether oxygens (including phenoxy) is 2. The van der Waals surface area contributed by atoms with E-state index in [1.165, 1.54) is 29.7 Å². The second kappa shape index (κ2) is 5.25. The predicted molar refractivity (Wildman–Crippen MR) is 60.4 cm³/mol. The SMILES string of the molecule is COc1cnc(C(=O)Cl)c(OC(F)(F)F)c1I. The molecule has 1 aromatic rings. The molecule has 0 radical (unpaired) electrons. The minimum absolute atomic E-state index is 0.0403. The highest BCUT2D eigenvalue weighted by molar-refractivity contribution is 14.1. The lowest BCUT2D eigenvalue weighted by Gasteiger charge is -2.14. The zero-order valence-corrected chi connectivity index (χ0v) is 11.1. The zero-order valence-electron chi connectivity index (χ0n) is 8.14. The average Bonchev–Trinajstić information content (AvgIpc) is 2.18. The topological polar surface area (TPSA) is 48.4 Å². The summed E-state index contributed by atoms with van der Waals surface area (Å²) in [6.45, 7) is 0. The Morgan fingerprint density at radius 3 is 2.53 bits per heavy atom. The first-order valence-electron chi connectivity index (χ1n) is 3.94. The summed E-state index contributed by atoms with van der Waals surface area (Å²) in [6, 6.07) is 0. The number of rotatable bonds is 3. The molecule has 0 unspecified atom stereocenters. The van der Waals surface area contributed by atoms with Crippen LogP contribution in [0.5, 0.6) is 11.5 Å². The van der Waals surface area contributed by atoms with E-state index in [-0.39, 0.29) is 9.32 Å². The van der Waals surface area contributed by atoms with Gasteiger partial charge in [0.2, 0.25) is 0 Å². The van der Waals surface area contributed by atoms with Gasteiger partial charge in [0.25, 0.3) is 5.24 Å². The molecule has 0 aliphatic heterocycles. The summed E-state index contributed by atoms with van der Waals surface area (Å²) in [5.41, 5.74) is -0.616. The summed E-state index contributed by atoms with van der Waals surface area (Å²) < 4.78 is 44.9. The highest BCUT2D eigenvalue weighted by Gasteiger charge is 2.35. The molecule has 1 aromatic heterocycles. The lowest BCUT2D eigenvalue weighted by atomic mass is 10.3. The molecule has 0 spiro atoms. The smallest absolute Gasteiger partial charge is 0.494 e. The van der Waals surface area contributed by atoms with Crippen LogP contribution in [0.1, 0.15) is 10.5 Å². The number of pyridine rings is 1.